The van der Waals surface area contributed by atoms with Crippen molar-refractivity contribution in [2.24, 2.45) is 0 Å². The molecule has 4 aromatic carbocycles. The molecule has 1 aromatic heterocycles. The van der Waals surface area contributed by atoms with Crippen molar-refractivity contribution >= 4 is 39.9 Å². The molecule has 1 amide bonds. The predicted molar refractivity (Wildman–Crippen MR) is 147 cm³/mol. The van der Waals surface area contributed by atoms with Crippen LogP contribution in [0.2, 0.25) is 5.02 Å². The maximum Gasteiger partial charge on any atom is 0.417 e. The molecule has 206 valence electrons. The number of hydrogen-bond donors (Lipinski definition) is 1. The van der Waals surface area contributed by atoms with Crippen molar-refractivity contribution < 1.29 is 27.5 Å². The number of alkyl halides is 3. The van der Waals surface area contributed by atoms with Gasteiger partial charge in [-0.15, -0.1) is 0 Å². The van der Waals surface area contributed by atoms with Crippen molar-refractivity contribution in [1.29, 1.82) is 0 Å². The van der Waals surface area contributed by atoms with Gasteiger partial charge in [0.1, 0.15) is 0 Å². The van der Waals surface area contributed by atoms with Gasteiger partial charge in [-0.25, -0.2) is 4.79 Å². The molecule has 0 unspecified atom stereocenters. The summed E-state index contributed by atoms with van der Waals surface area (Å²) >= 11 is 5.70. The molecule has 0 aliphatic heterocycles. The highest BCUT2D eigenvalue weighted by molar-refractivity contribution is 6.31. The fourth-order valence-corrected chi connectivity index (χ4v) is 4.40. The van der Waals surface area contributed by atoms with Gasteiger partial charge in [-0.3, -0.25) is 9.59 Å². The SMILES string of the molecule is O=C(O[C@@H](C(=O)Nc1ccc(Cl)c(C(F)(F)F)c1)c1ccccc1)c1nn(-c2ccccc2)c(=O)c2ccccc12. The number of benzene rings is 4. The second-order valence-corrected chi connectivity index (χ2v) is 9.23. The molecule has 0 spiro atoms. The van der Waals surface area contributed by atoms with E-state index >= 15 is 0 Å². The minimum Gasteiger partial charge on any atom is -0.442 e. The van der Waals surface area contributed by atoms with E-state index in [0.29, 0.717) is 11.8 Å². The van der Waals surface area contributed by atoms with E-state index < -0.39 is 40.3 Å². The number of carbonyl (C=O) groups excluding carboxylic acids is 2. The number of nitrogens with one attached hydrogen (secondary N) is 1. The first-order valence-electron chi connectivity index (χ1n) is 12.1. The molecular formula is C30H19ClF3N3O4. The molecule has 1 atom stereocenters. The van der Waals surface area contributed by atoms with Crippen molar-refractivity contribution in [3.8, 4) is 5.69 Å². The summed E-state index contributed by atoms with van der Waals surface area (Å²) < 4.78 is 46.8. The number of halogens is 4. The number of anilines is 1. The van der Waals surface area contributed by atoms with Gasteiger partial charge in [0.25, 0.3) is 11.5 Å². The maximum absolute atomic E-state index is 13.6. The lowest BCUT2D eigenvalue weighted by molar-refractivity contribution is -0.137. The Balaban J connectivity index is 1.54. The summed E-state index contributed by atoms with van der Waals surface area (Å²) in [6.07, 6.45) is -6.33. The summed E-state index contributed by atoms with van der Waals surface area (Å²) in [5, 5.41) is 6.50. The minimum absolute atomic E-state index is 0.194. The average Bonchev–Trinajstić information content (AvgIpc) is 2.97. The van der Waals surface area contributed by atoms with Crippen molar-refractivity contribution in [2.75, 3.05) is 5.32 Å². The number of ether oxygens (including phenoxy) is 1. The summed E-state index contributed by atoms with van der Waals surface area (Å²) in [6, 6.07) is 25.6. The first-order valence-corrected chi connectivity index (χ1v) is 12.5. The van der Waals surface area contributed by atoms with Gasteiger partial charge in [0.15, 0.2) is 5.69 Å². The van der Waals surface area contributed by atoms with E-state index in [9.17, 15) is 27.6 Å². The van der Waals surface area contributed by atoms with Crippen molar-refractivity contribution in [3.05, 3.63) is 135 Å². The summed E-state index contributed by atoms with van der Waals surface area (Å²) in [4.78, 5) is 40.1. The largest absolute Gasteiger partial charge is 0.442 e. The molecule has 0 saturated carbocycles. The number of carbonyl (C=O) groups is 2. The van der Waals surface area contributed by atoms with Crippen LogP contribution < -0.4 is 10.9 Å². The number of para-hydroxylation sites is 1. The maximum atomic E-state index is 13.6. The van der Waals surface area contributed by atoms with Crippen molar-refractivity contribution in [3.63, 3.8) is 0 Å². The van der Waals surface area contributed by atoms with Gasteiger partial charge >= 0.3 is 12.1 Å². The Morgan fingerprint density at radius 2 is 1.46 bits per heavy atom. The van der Waals surface area contributed by atoms with Crippen LogP contribution in [0, 0.1) is 0 Å². The van der Waals surface area contributed by atoms with Crippen LogP contribution in [0.25, 0.3) is 16.5 Å². The van der Waals surface area contributed by atoms with Gasteiger partial charge in [0.2, 0.25) is 6.10 Å². The van der Waals surface area contributed by atoms with E-state index in [0.717, 1.165) is 10.7 Å². The highest BCUT2D eigenvalue weighted by atomic mass is 35.5. The highest BCUT2D eigenvalue weighted by Crippen LogP contribution is 2.36. The first-order chi connectivity index (χ1) is 19.6. The van der Waals surface area contributed by atoms with Gasteiger partial charge < -0.3 is 10.1 Å². The van der Waals surface area contributed by atoms with E-state index in [2.05, 4.69) is 10.4 Å². The molecule has 0 bridgehead atoms. The lowest BCUT2D eigenvalue weighted by atomic mass is 10.1. The summed E-state index contributed by atoms with van der Waals surface area (Å²) in [6.45, 7) is 0. The Bertz CT molecular complexity index is 1810. The molecule has 5 rings (SSSR count). The average molecular weight is 578 g/mol. The van der Waals surface area contributed by atoms with Crippen molar-refractivity contribution in [2.45, 2.75) is 12.3 Å². The zero-order chi connectivity index (χ0) is 29.1. The fourth-order valence-electron chi connectivity index (χ4n) is 4.18. The molecule has 0 fully saturated rings. The molecule has 0 aliphatic rings. The second-order valence-electron chi connectivity index (χ2n) is 8.82. The topological polar surface area (TPSA) is 90.3 Å². The van der Waals surface area contributed by atoms with Crippen LogP contribution in [0.5, 0.6) is 0 Å². The van der Waals surface area contributed by atoms with Crippen LogP contribution in [-0.2, 0) is 15.7 Å². The fraction of sp³-hybridized carbons (Fsp3) is 0.0667. The Kier molecular flexibility index (Phi) is 7.58. The van der Waals surface area contributed by atoms with Crippen LogP contribution in [0.4, 0.5) is 18.9 Å². The first kappa shape index (κ1) is 27.6. The number of rotatable bonds is 6. The molecule has 1 heterocycles. The Hall–Kier alpha value is -4.96. The van der Waals surface area contributed by atoms with Gasteiger partial charge in [-0.2, -0.15) is 23.0 Å². The summed E-state index contributed by atoms with van der Waals surface area (Å²) in [5.74, 6) is -1.94. The number of esters is 1. The predicted octanol–water partition coefficient (Wildman–Crippen LogP) is 6.59. The normalized spacial score (nSPS) is 12.1. The molecule has 1 N–H and O–H groups in total. The molecule has 11 heteroatoms. The van der Waals surface area contributed by atoms with Crippen molar-refractivity contribution in [1.82, 2.24) is 9.78 Å². The molecule has 7 nitrogen and oxygen atoms in total. The smallest absolute Gasteiger partial charge is 0.417 e. The quantitative estimate of drug-likeness (QED) is 0.230. The van der Waals surface area contributed by atoms with Gasteiger partial charge in [0, 0.05) is 16.6 Å². The monoisotopic (exact) mass is 577 g/mol. The van der Waals surface area contributed by atoms with E-state index in [1.165, 1.54) is 30.3 Å². The van der Waals surface area contributed by atoms with E-state index in [4.69, 9.17) is 16.3 Å². The van der Waals surface area contributed by atoms with Crippen LogP contribution in [0.15, 0.2) is 108 Å². The zero-order valence-corrected chi connectivity index (χ0v) is 21.7. The number of fused-ring (bicyclic) bond motifs is 1. The third kappa shape index (κ3) is 5.82. The third-order valence-electron chi connectivity index (χ3n) is 6.10. The Morgan fingerprint density at radius 3 is 2.12 bits per heavy atom. The molecule has 0 radical (unpaired) electrons. The van der Waals surface area contributed by atoms with E-state index in [1.807, 2.05) is 0 Å². The molecule has 41 heavy (non-hydrogen) atoms. The number of aromatic nitrogens is 2. The number of hydrogen-bond acceptors (Lipinski definition) is 5. The summed E-state index contributed by atoms with van der Waals surface area (Å²) in [7, 11) is 0. The van der Waals surface area contributed by atoms with E-state index in [-0.39, 0.29) is 27.7 Å². The molecule has 5 aromatic rings. The minimum atomic E-state index is -4.75. The van der Waals surface area contributed by atoms with Gasteiger partial charge in [-0.05, 0) is 36.4 Å². The number of amides is 1. The van der Waals surface area contributed by atoms with E-state index in [1.54, 1.807) is 60.7 Å². The van der Waals surface area contributed by atoms with Gasteiger partial charge in [0.05, 0.1) is 21.7 Å². The lowest BCUT2D eigenvalue weighted by Gasteiger charge is -2.19. The second kappa shape index (κ2) is 11.3. The summed E-state index contributed by atoms with van der Waals surface area (Å²) in [5.41, 5.74) is -1.39. The van der Waals surface area contributed by atoms with Crippen LogP contribution in [-0.4, -0.2) is 21.7 Å². The zero-order valence-electron chi connectivity index (χ0n) is 20.9. The number of nitrogens with zero attached hydrogens (tertiary/aromatic N) is 2. The Morgan fingerprint density at radius 1 is 0.854 bits per heavy atom. The third-order valence-corrected chi connectivity index (χ3v) is 6.43. The molecule has 0 aliphatic carbocycles. The lowest BCUT2D eigenvalue weighted by Crippen LogP contribution is -2.29. The standard InChI is InChI=1S/C30H19ClF3N3O4/c31-24-16-15-19(17-23(24)30(32,33)34)35-27(38)26(18-9-3-1-4-10-18)41-29(40)25-21-13-7-8-14-22(21)28(39)37(36-25)20-11-5-2-6-12-20/h1-17,26H,(H,35,38)/t26-/m1/s1. The van der Waals surface area contributed by atoms with Crippen LogP contribution >= 0.6 is 11.6 Å². The molecular weight excluding hydrogens is 559 g/mol. The van der Waals surface area contributed by atoms with Gasteiger partial charge in [-0.1, -0.05) is 78.3 Å². The van der Waals surface area contributed by atoms with Crippen LogP contribution in [0.3, 0.4) is 0 Å². The Labute approximate surface area is 235 Å². The van der Waals surface area contributed by atoms with Crippen LogP contribution in [0.1, 0.15) is 27.7 Å². The highest BCUT2D eigenvalue weighted by Gasteiger charge is 2.34. The molecule has 0 saturated heterocycles.